The molecule has 0 radical (unpaired) electrons. The molecule has 0 saturated heterocycles. The molecular formula is C4H10O3S. The van der Waals surface area contributed by atoms with Gasteiger partial charge in [-0.15, -0.1) is 0 Å². The summed E-state index contributed by atoms with van der Waals surface area (Å²) in [5, 5.41) is 0. The smallest absolute Gasteiger partial charge is 0.272 e. The lowest BCUT2D eigenvalue weighted by Crippen LogP contribution is -2.06. The summed E-state index contributed by atoms with van der Waals surface area (Å²) >= 11 is -1.56. The van der Waals surface area contributed by atoms with Gasteiger partial charge in [0.1, 0.15) is 0 Å². The molecular weight excluding hydrogens is 128 g/mol. The topological polar surface area (TPSA) is 35.5 Å². The van der Waals surface area contributed by atoms with Gasteiger partial charge in [-0.2, -0.15) is 4.21 Å². The van der Waals surface area contributed by atoms with E-state index >= 15 is 0 Å². The van der Waals surface area contributed by atoms with E-state index in [2.05, 4.69) is 8.37 Å². The summed E-state index contributed by atoms with van der Waals surface area (Å²) in [4.78, 5) is 0. The maximum atomic E-state index is 10.3. The minimum atomic E-state index is -1.56. The summed E-state index contributed by atoms with van der Waals surface area (Å²) < 4.78 is 19.2. The number of rotatable bonds is 3. The lowest BCUT2D eigenvalue weighted by molar-refractivity contribution is 0.227. The Kier molecular flexibility index (Phi) is 4.03. The fourth-order valence-corrected chi connectivity index (χ4v) is 0.589. The molecule has 0 aromatic rings. The molecule has 0 aliphatic heterocycles. The Hall–Kier alpha value is 0.0700. The summed E-state index contributed by atoms with van der Waals surface area (Å²) in [7, 11) is 1.33. The monoisotopic (exact) mass is 138 g/mol. The molecule has 0 aromatic heterocycles. The fraction of sp³-hybridized carbons (Fsp3) is 1.00. The molecule has 0 rings (SSSR count). The van der Waals surface area contributed by atoms with E-state index in [1.807, 2.05) is 0 Å². The fourth-order valence-electron chi connectivity index (χ4n) is 0.196. The lowest BCUT2D eigenvalue weighted by Gasteiger charge is -2.01. The van der Waals surface area contributed by atoms with E-state index in [0.29, 0.717) is 0 Å². The molecule has 0 heterocycles. The highest BCUT2D eigenvalue weighted by molar-refractivity contribution is 7.75. The molecule has 0 spiro atoms. The third-order valence-corrected chi connectivity index (χ3v) is 1.22. The Morgan fingerprint density at radius 1 is 1.50 bits per heavy atom. The molecule has 0 N–H and O–H groups in total. The molecule has 0 aromatic carbocycles. The summed E-state index contributed by atoms with van der Waals surface area (Å²) in [6.45, 7) is 3.58. The molecule has 4 heteroatoms. The Morgan fingerprint density at radius 3 is 2.12 bits per heavy atom. The van der Waals surface area contributed by atoms with Crippen LogP contribution in [0.25, 0.3) is 0 Å². The first-order valence-corrected chi connectivity index (χ1v) is 3.30. The molecule has 0 bridgehead atoms. The normalized spacial score (nSPS) is 14.5. The van der Waals surface area contributed by atoms with Gasteiger partial charge in [-0.05, 0) is 13.8 Å². The second kappa shape index (κ2) is 4.00. The highest BCUT2D eigenvalue weighted by Crippen LogP contribution is 1.92. The summed E-state index contributed by atoms with van der Waals surface area (Å²) in [5.41, 5.74) is 0. The van der Waals surface area contributed by atoms with Crippen molar-refractivity contribution in [2.45, 2.75) is 20.0 Å². The second-order valence-corrected chi connectivity index (χ2v) is 2.45. The highest BCUT2D eigenvalue weighted by Gasteiger charge is 1.98. The van der Waals surface area contributed by atoms with Crippen molar-refractivity contribution >= 4 is 11.4 Å². The quantitative estimate of drug-likeness (QED) is 0.574. The van der Waals surface area contributed by atoms with Crippen molar-refractivity contribution in [2.75, 3.05) is 7.11 Å². The van der Waals surface area contributed by atoms with Crippen LogP contribution in [0.3, 0.4) is 0 Å². The Balaban J connectivity index is 3.25. The molecule has 1 unspecified atom stereocenters. The molecule has 50 valence electrons. The number of hydrogen-bond acceptors (Lipinski definition) is 3. The third kappa shape index (κ3) is 4.23. The van der Waals surface area contributed by atoms with Crippen LogP contribution in [0.4, 0.5) is 0 Å². The molecule has 3 nitrogen and oxygen atoms in total. The van der Waals surface area contributed by atoms with E-state index in [4.69, 9.17) is 0 Å². The first-order chi connectivity index (χ1) is 3.66. The molecule has 1 atom stereocenters. The molecule has 0 saturated carbocycles. The Morgan fingerprint density at radius 2 is 2.00 bits per heavy atom. The van der Waals surface area contributed by atoms with Crippen molar-refractivity contribution in [1.29, 1.82) is 0 Å². The standard InChI is InChI=1S/C4H10O3S/c1-4(2)7-8(5)6-3/h4H,1-3H3. The van der Waals surface area contributed by atoms with Crippen molar-refractivity contribution in [2.24, 2.45) is 0 Å². The minimum absolute atomic E-state index is 0.0456. The van der Waals surface area contributed by atoms with Gasteiger partial charge < -0.3 is 0 Å². The van der Waals surface area contributed by atoms with Crippen molar-refractivity contribution in [1.82, 2.24) is 0 Å². The van der Waals surface area contributed by atoms with Crippen LogP contribution in [0.15, 0.2) is 0 Å². The molecule has 0 aliphatic rings. The summed E-state index contributed by atoms with van der Waals surface area (Å²) in [6, 6.07) is 0. The maximum absolute atomic E-state index is 10.3. The van der Waals surface area contributed by atoms with E-state index in [1.54, 1.807) is 13.8 Å². The van der Waals surface area contributed by atoms with Gasteiger partial charge in [0.05, 0.1) is 13.2 Å². The zero-order chi connectivity index (χ0) is 6.57. The maximum Gasteiger partial charge on any atom is 0.304 e. The van der Waals surface area contributed by atoms with Crippen molar-refractivity contribution in [3.8, 4) is 0 Å². The van der Waals surface area contributed by atoms with Crippen LogP contribution in [-0.2, 0) is 19.7 Å². The predicted molar refractivity (Wildman–Crippen MR) is 31.4 cm³/mol. The Bertz CT molecular complexity index is 81.4. The molecule has 0 aliphatic carbocycles. The Labute approximate surface area is 51.9 Å². The predicted octanol–water partition coefficient (Wildman–Crippen LogP) is 0.637. The van der Waals surface area contributed by atoms with E-state index in [9.17, 15) is 4.21 Å². The largest absolute Gasteiger partial charge is 0.304 e. The van der Waals surface area contributed by atoms with Crippen LogP contribution < -0.4 is 0 Å². The summed E-state index contributed by atoms with van der Waals surface area (Å²) in [6.07, 6.45) is -0.0456. The van der Waals surface area contributed by atoms with Gasteiger partial charge >= 0.3 is 11.4 Å². The van der Waals surface area contributed by atoms with Crippen LogP contribution in [-0.4, -0.2) is 17.4 Å². The van der Waals surface area contributed by atoms with Gasteiger partial charge in [0.2, 0.25) is 0 Å². The van der Waals surface area contributed by atoms with Gasteiger partial charge in [-0.25, -0.2) is 0 Å². The van der Waals surface area contributed by atoms with E-state index in [0.717, 1.165) is 0 Å². The van der Waals surface area contributed by atoms with Crippen molar-refractivity contribution < 1.29 is 12.6 Å². The van der Waals surface area contributed by atoms with E-state index < -0.39 is 11.4 Å². The van der Waals surface area contributed by atoms with Gasteiger partial charge in [0, 0.05) is 0 Å². The van der Waals surface area contributed by atoms with E-state index in [1.165, 1.54) is 7.11 Å². The zero-order valence-corrected chi connectivity index (χ0v) is 6.03. The number of hydrogen-bond donors (Lipinski definition) is 0. The van der Waals surface area contributed by atoms with Crippen LogP contribution >= 0.6 is 0 Å². The van der Waals surface area contributed by atoms with Crippen molar-refractivity contribution in [3.05, 3.63) is 0 Å². The third-order valence-electron chi connectivity index (χ3n) is 0.407. The zero-order valence-electron chi connectivity index (χ0n) is 5.21. The van der Waals surface area contributed by atoms with Crippen LogP contribution in [0.1, 0.15) is 13.8 Å². The van der Waals surface area contributed by atoms with Gasteiger partial charge in [-0.1, -0.05) is 0 Å². The summed E-state index contributed by atoms with van der Waals surface area (Å²) in [5.74, 6) is 0. The average molecular weight is 138 g/mol. The van der Waals surface area contributed by atoms with Gasteiger partial charge in [0.15, 0.2) is 0 Å². The average Bonchev–Trinajstić information content (AvgIpc) is 1.65. The van der Waals surface area contributed by atoms with Gasteiger partial charge in [-0.3, -0.25) is 8.37 Å². The lowest BCUT2D eigenvalue weighted by atomic mass is 10.5. The first kappa shape index (κ1) is 8.07. The molecule has 8 heavy (non-hydrogen) atoms. The SMILES string of the molecule is COS(=O)OC(C)C. The first-order valence-electron chi connectivity index (χ1n) is 2.30. The van der Waals surface area contributed by atoms with E-state index in [-0.39, 0.29) is 6.10 Å². The van der Waals surface area contributed by atoms with Crippen LogP contribution in [0.2, 0.25) is 0 Å². The van der Waals surface area contributed by atoms with Gasteiger partial charge in [0.25, 0.3) is 0 Å². The second-order valence-electron chi connectivity index (χ2n) is 1.52. The van der Waals surface area contributed by atoms with Crippen LogP contribution in [0.5, 0.6) is 0 Å². The molecule has 0 amide bonds. The minimum Gasteiger partial charge on any atom is -0.272 e. The van der Waals surface area contributed by atoms with Crippen LogP contribution in [0, 0.1) is 0 Å². The molecule has 0 fully saturated rings. The van der Waals surface area contributed by atoms with Crippen molar-refractivity contribution in [3.63, 3.8) is 0 Å². The highest BCUT2D eigenvalue weighted by atomic mass is 32.2.